The van der Waals surface area contributed by atoms with Gasteiger partial charge in [0.05, 0.1) is 12.1 Å². The van der Waals surface area contributed by atoms with Crippen LogP contribution in [0.5, 0.6) is 0 Å². The molecule has 8 heteroatoms. The van der Waals surface area contributed by atoms with Crippen molar-refractivity contribution < 1.29 is 31.5 Å². The number of halogens is 5. The first kappa shape index (κ1) is 15.7. The smallest absolute Gasteiger partial charge is 0.257 e. The van der Waals surface area contributed by atoms with E-state index in [2.05, 4.69) is 5.32 Å². The van der Waals surface area contributed by atoms with Gasteiger partial charge in [0.2, 0.25) is 5.82 Å². The third-order valence-corrected chi connectivity index (χ3v) is 3.32. The molecule has 1 N–H and O–H groups in total. The number of carbonyl (C=O) groups is 1. The molecule has 1 heterocycles. The summed E-state index contributed by atoms with van der Waals surface area (Å²) < 4.78 is 71.2. The molecule has 21 heavy (non-hydrogen) atoms. The fourth-order valence-corrected chi connectivity index (χ4v) is 2.17. The SMILES string of the molecule is C[C@@H](NC(=O)c1c(F)c(F)c(F)c(F)c1F)[C@@H]1CCCO1. The zero-order chi connectivity index (χ0) is 15.7. The highest BCUT2D eigenvalue weighted by Crippen LogP contribution is 2.23. The quantitative estimate of drug-likeness (QED) is 0.530. The zero-order valence-corrected chi connectivity index (χ0v) is 11.0. The van der Waals surface area contributed by atoms with Gasteiger partial charge in [-0.3, -0.25) is 4.79 Å². The van der Waals surface area contributed by atoms with Crippen LogP contribution in [0.25, 0.3) is 0 Å². The Morgan fingerprint density at radius 3 is 2.10 bits per heavy atom. The highest BCUT2D eigenvalue weighted by molar-refractivity contribution is 5.95. The molecule has 1 fully saturated rings. The van der Waals surface area contributed by atoms with Gasteiger partial charge in [0.25, 0.3) is 5.91 Å². The average Bonchev–Trinajstić information content (AvgIpc) is 2.97. The molecule has 1 aromatic rings. The fraction of sp³-hybridized carbons (Fsp3) is 0.462. The Kier molecular flexibility index (Phi) is 4.46. The van der Waals surface area contributed by atoms with Crippen LogP contribution in [-0.2, 0) is 4.74 Å². The Morgan fingerprint density at radius 1 is 1.10 bits per heavy atom. The molecule has 116 valence electrons. The van der Waals surface area contributed by atoms with E-state index >= 15 is 0 Å². The second-order valence-corrected chi connectivity index (χ2v) is 4.76. The molecular formula is C13H12F5NO2. The van der Waals surface area contributed by atoms with Gasteiger partial charge in [-0.1, -0.05) is 0 Å². The lowest BCUT2D eigenvalue weighted by Crippen LogP contribution is -2.41. The van der Waals surface area contributed by atoms with Crippen molar-refractivity contribution in [2.24, 2.45) is 0 Å². The van der Waals surface area contributed by atoms with E-state index in [0.29, 0.717) is 13.0 Å². The number of rotatable bonds is 3. The Labute approximate surface area is 117 Å². The lowest BCUT2D eigenvalue weighted by Gasteiger charge is -2.20. The minimum Gasteiger partial charge on any atom is -0.376 e. The Morgan fingerprint density at radius 2 is 1.62 bits per heavy atom. The van der Waals surface area contributed by atoms with Crippen LogP contribution in [-0.4, -0.2) is 24.7 Å². The number of carbonyl (C=O) groups excluding carboxylic acids is 1. The van der Waals surface area contributed by atoms with Crippen LogP contribution in [0.4, 0.5) is 22.0 Å². The van der Waals surface area contributed by atoms with Gasteiger partial charge in [-0.05, 0) is 19.8 Å². The number of benzene rings is 1. The van der Waals surface area contributed by atoms with Gasteiger partial charge in [-0.2, -0.15) is 0 Å². The minimum absolute atomic E-state index is 0.352. The van der Waals surface area contributed by atoms with Crippen molar-refractivity contribution in [1.29, 1.82) is 0 Å². The third-order valence-electron chi connectivity index (χ3n) is 3.32. The van der Waals surface area contributed by atoms with Crippen LogP contribution < -0.4 is 5.32 Å². The number of amides is 1. The van der Waals surface area contributed by atoms with Crippen LogP contribution in [0.3, 0.4) is 0 Å². The van der Waals surface area contributed by atoms with Crippen molar-refractivity contribution in [2.75, 3.05) is 6.61 Å². The van der Waals surface area contributed by atoms with Crippen molar-refractivity contribution >= 4 is 5.91 Å². The molecule has 3 nitrogen and oxygen atoms in total. The number of ether oxygens (including phenoxy) is 1. The molecule has 0 aromatic heterocycles. The lowest BCUT2D eigenvalue weighted by atomic mass is 10.1. The molecule has 0 saturated carbocycles. The van der Waals surface area contributed by atoms with E-state index in [4.69, 9.17) is 4.74 Å². The average molecular weight is 309 g/mol. The molecule has 2 rings (SSSR count). The maximum absolute atomic E-state index is 13.5. The molecule has 0 aliphatic carbocycles. The zero-order valence-electron chi connectivity index (χ0n) is 11.0. The van der Waals surface area contributed by atoms with E-state index < -0.39 is 46.6 Å². The number of hydrogen-bond acceptors (Lipinski definition) is 2. The van der Waals surface area contributed by atoms with Crippen LogP contribution in [0.2, 0.25) is 0 Å². The van der Waals surface area contributed by atoms with Crippen molar-refractivity contribution in [3.63, 3.8) is 0 Å². The summed E-state index contributed by atoms with van der Waals surface area (Å²) in [5, 5.41) is 2.19. The molecule has 0 unspecified atom stereocenters. The van der Waals surface area contributed by atoms with E-state index in [1.807, 2.05) is 0 Å². The molecule has 1 aliphatic rings. The fourth-order valence-electron chi connectivity index (χ4n) is 2.17. The summed E-state index contributed by atoms with van der Waals surface area (Å²) in [6, 6.07) is -0.616. The van der Waals surface area contributed by atoms with Gasteiger partial charge in [0, 0.05) is 6.61 Å². The van der Waals surface area contributed by atoms with Gasteiger partial charge >= 0.3 is 0 Å². The molecule has 2 atom stereocenters. The van der Waals surface area contributed by atoms with Crippen LogP contribution in [0.1, 0.15) is 30.1 Å². The van der Waals surface area contributed by atoms with Crippen LogP contribution in [0.15, 0.2) is 0 Å². The van der Waals surface area contributed by atoms with E-state index in [-0.39, 0.29) is 6.10 Å². The number of nitrogens with one attached hydrogen (secondary N) is 1. The maximum Gasteiger partial charge on any atom is 0.257 e. The monoisotopic (exact) mass is 309 g/mol. The molecule has 1 aromatic carbocycles. The third kappa shape index (κ3) is 2.85. The van der Waals surface area contributed by atoms with Gasteiger partial charge < -0.3 is 10.1 Å². The molecular weight excluding hydrogens is 297 g/mol. The van der Waals surface area contributed by atoms with Crippen molar-refractivity contribution in [2.45, 2.75) is 31.9 Å². The van der Waals surface area contributed by atoms with Gasteiger partial charge in [-0.25, -0.2) is 22.0 Å². The van der Waals surface area contributed by atoms with Crippen molar-refractivity contribution in [3.8, 4) is 0 Å². The molecule has 0 bridgehead atoms. The van der Waals surface area contributed by atoms with Crippen molar-refractivity contribution in [1.82, 2.24) is 5.32 Å². The van der Waals surface area contributed by atoms with E-state index in [1.54, 1.807) is 0 Å². The highest BCUT2D eigenvalue weighted by atomic mass is 19.2. The normalized spacial score (nSPS) is 19.6. The molecule has 1 amide bonds. The topological polar surface area (TPSA) is 38.3 Å². The van der Waals surface area contributed by atoms with Gasteiger partial charge in [0.1, 0.15) is 5.56 Å². The minimum atomic E-state index is -2.30. The van der Waals surface area contributed by atoms with E-state index in [0.717, 1.165) is 6.42 Å². The molecule has 1 saturated heterocycles. The predicted molar refractivity (Wildman–Crippen MR) is 62.1 cm³/mol. The second-order valence-electron chi connectivity index (χ2n) is 4.76. The summed E-state index contributed by atoms with van der Waals surface area (Å²) in [6.07, 6.45) is 1.06. The summed E-state index contributed by atoms with van der Waals surface area (Å²) in [5.41, 5.74) is -1.49. The highest BCUT2D eigenvalue weighted by Gasteiger charge is 2.31. The predicted octanol–water partition coefficient (Wildman–Crippen LogP) is 2.68. The summed E-state index contributed by atoms with van der Waals surface area (Å²) in [6.45, 7) is 2.02. The Hall–Kier alpha value is -1.70. The second kappa shape index (κ2) is 5.97. The maximum atomic E-state index is 13.5. The van der Waals surface area contributed by atoms with Crippen LogP contribution >= 0.6 is 0 Å². The van der Waals surface area contributed by atoms with Crippen LogP contribution in [0, 0.1) is 29.1 Å². The van der Waals surface area contributed by atoms with E-state index in [9.17, 15) is 26.7 Å². The first-order chi connectivity index (χ1) is 9.84. The largest absolute Gasteiger partial charge is 0.376 e. The summed E-state index contributed by atoms with van der Waals surface area (Å²) >= 11 is 0. The molecule has 0 spiro atoms. The Bertz CT molecular complexity index is 543. The van der Waals surface area contributed by atoms with Gasteiger partial charge in [-0.15, -0.1) is 0 Å². The standard InChI is InChI=1S/C13H12F5NO2/c1-5(6-3-2-4-21-6)19-13(20)7-8(14)10(16)12(18)11(17)9(7)15/h5-6H,2-4H2,1H3,(H,19,20)/t5-,6+/m1/s1. The van der Waals surface area contributed by atoms with E-state index in [1.165, 1.54) is 6.92 Å². The first-order valence-corrected chi connectivity index (χ1v) is 6.28. The Balaban J connectivity index is 2.27. The first-order valence-electron chi connectivity index (χ1n) is 6.28. The lowest BCUT2D eigenvalue weighted by molar-refractivity contribution is 0.0706. The number of hydrogen-bond donors (Lipinski definition) is 1. The molecule has 1 aliphatic heterocycles. The summed E-state index contributed by atoms with van der Waals surface area (Å²) in [4.78, 5) is 11.8. The van der Waals surface area contributed by atoms with Crippen molar-refractivity contribution in [3.05, 3.63) is 34.6 Å². The van der Waals surface area contributed by atoms with Gasteiger partial charge in [0.15, 0.2) is 23.3 Å². The summed E-state index contributed by atoms with van der Waals surface area (Å²) in [5.74, 6) is -12.3. The summed E-state index contributed by atoms with van der Waals surface area (Å²) in [7, 11) is 0. The molecule has 0 radical (unpaired) electrons.